The van der Waals surface area contributed by atoms with Gasteiger partial charge in [-0.05, 0) is 12.1 Å². The molecule has 0 bridgehead atoms. The number of carbonyl (C=O) groups is 1. The van der Waals surface area contributed by atoms with Crippen LogP contribution in [0.15, 0.2) is 24.5 Å². The zero-order valence-electron chi connectivity index (χ0n) is 9.12. The van der Waals surface area contributed by atoms with Crippen LogP contribution in [0.25, 0.3) is 11.0 Å². The van der Waals surface area contributed by atoms with Crippen molar-refractivity contribution in [3.63, 3.8) is 0 Å². The highest BCUT2D eigenvalue weighted by Crippen LogP contribution is 2.17. The van der Waals surface area contributed by atoms with Gasteiger partial charge < -0.3 is 9.72 Å². The minimum absolute atomic E-state index is 0.278. The fourth-order valence-electron chi connectivity index (χ4n) is 1.52. The summed E-state index contributed by atoms with van der Waals surface area (Å²) in [5.41, 5.74) is 0.789. The number of nitrogens with one attached hydrogen (secondary N) is 1. The summed E-state index contributed by atoms with van der Waals surface area (Å²) >= 11 is 0. The molecule has 0 unspecified atom stereocenters. The average Bonchev–Trinajstić information content (AvgIpc) is 2.70. The molecule has 0 saturated carbocycles. The number of carbonyl (C=O) groups excluding carboxylic acids is 1. The van der Waals surface area contributed by atoms with Gasteiger partial charge in [0, 0.05) is 23.3 Å². The van der Waals surface area contributed by atoms with Crippen molar-refractivity contribution < 1.29 is 22.7 Å². The van der Waals surface area contributed by atoms with Crippen LogP contribution in [0, 0.1) is 0 Å². The predicted molar refractivity (Wildman–Crippen MR) is 57.3 cm³/mol. The molecule has 1 N–H and O–H groups in total. The van der Waals surface area contributed by atoms with Gasteiger partial charge in [0.25, 0.3) is 0 Å². The molecule has 0 spiro atoms. The smallest absolute Gasteiger partial charge is 0.364 e. The quantitative estimate of drug-likeness (QED) is 0.856. The number of ether oxygens (including phenoxy) is 1. The van der Waals surface area contributed by atoms with Gasteiger partial charge in [-0.15, -0.1) is 0 Å². The van der Waals surface area contributed by atoms with E-state index in [4.69, 9.17) is 0 Å². The molecule has 0 fully saturated rings. The first-order chi connectivity index (χ1) is 8.47. The monoisotopic (exact) mass is 258 g/mol. The Balaban J connectivity index is 2.05. The van der Waals surface area contributed by atoms with Gasteiger partial charge in [-0.25, -0.2) is 4.98 Å². The molecule has 2 aromatic heterocycles. The SMILES string of the molecule is O=C(COCC(F)(F)F)c1c[nH]c2ncccc12. The fraction of sp³-hybridized carbons (Fsp3) is 0.273. The molecule has 0 aliphatic heterocycles. The number of hydrogen-bond donors (Lipinski definition) is 1. The van der Waals surface area contributed by atoms with Gasteiger partial charge in [-0.2, -0.15) is 13.2 Å². The highest BCUT2D eigenvalue weighted by Gasteiger charge is 2.28. The lowest BCUT2D eigenvalue weighted by Crippen LogP contribution is -2.20. The summed E-state index contributed by atoms with van der Waals surface area (Å²) in [6, 6.07) is 3.30. The van der Waals surface area contributed by atoms with E-state index in [9.17, 15) is 18.0 Å². The molecule has 0 aliphatic carbocycles. The largest absolute Gasteiger partial charge is 0.411 e. The predicted octanol–water partition coefficient (Wildman–Crippen LogP) is 2.32. The molecule has 0 amide bonds. The zero-order chi connectivity index (χ0) is 13.2. The number of aromatic amines is 1. The number of halogens is 3. The minimum Gasteiger partial charge on any atom is -0.364 e. The maximum absolute atomic E-state index is 11.8. The van der Waals surface area contributed by atoms with Gasteiger partial charge >= 0.3 is 6.18 Å². The molecule has 4 nitrogen and oxygen atoms in total. The Morgan fingerprint density at radius 3 is 2.94 bits per heavy atom. The van der Waals surface area contributed by atoms with Crippen molar-refractivity contribution in [1.82, 2.24) is 9.97 Å². The Labute approximate surface area is 99.8 Å². The summed E-state index contributed by atoms with van der Waals surface area (Å²) in [6.45, 7) is -2.04. The fourth-order valence-corrected chi connectivity index (χ4v) is 1.52. The Kier molecular flexibility index (Phi) is 3.33. The number of alkyl halides is 3. The van der Waals surface area contributed by atoms with E-state index < -0.39 is 25.2 Å². The highest BCUT2D eigenvalue weighted by atomic mass is 19.4. The van der Waals surface area contributed by atoms with Crippen LogP contribution in [0.1, 0.15) is 10.4 Å². The molecular formula is C11H9F3N2O2. The van der Waals surface area contributed by atoms with Crippen LogP contribution in [0.2, 0.25) is 0 Å². The number of fused-ring (bicyclic) bond motifs is 1. The van der Waals surface area contributed by atoms with Crippen molar-refractivity contribution in [1.29, 1.82) is 0 Å². The first kappa shape index (κ1) is 12.6. The summed E-state index contributed by atoms with van der Waals surface area (Å²) in [5.74, 6) is -0.515. The maximum Gasteiger partial charge on any atom is 0.411 e. The van der Waals surface area contributed by atoms with Gasteiger partial charge in [-0.3, -0.25) is 4.79 Å². The van der Waals surface area contributed by atoms with E-state index >= 15 is 0 Å². The number of rotatable bonds is 4. The number of nitrogens with zero attached hydrogens (tertiary/aromatic N) is 1. The second-order valence-corrected chi connectivity index (χ2v) is 3.63. The molecule has 18 heavy (non-hydrogen) atoms. The summed E-state index contributed by atoms with van der Waals surface area (Å²) < 4.78 is 39.9. The van der Waals surface area contributed by atoms with E-state index in [1.165, 1.54) is 6.20 Å². The molecular weight excluding hydrogens is 249 g/mol. The summed E-state index contributed by atoms with van der Waals surface area (Å²) in [7, 11) is 0. The van der Waals surface area contributed by atoms with E-state index in [-0.39, 0.29) is 5.56 Å². The summed E-state index contributed by atoms with van der Waals surface area (Å²) in [4.78, 5) is 18.4. The summed E-state index contributed by atoms with van der Waals surface area (Å²) in [6.07, 6.45) is -1.47. The standard InChI is InChI=1S/C11H9F3N2O2/c12-11(13,14)6-18-5-9(17)8-4-16-10-7(8)2-1-3-15-10/h1-4H,5-6H2,(H,15,16). The number of Topliss-reactive ketones (excluding diaryl/α,β-unsaturated/α-hetero) is 1. The second kappa shape index (κ2) is 4.77. The lowest BCUT2D eigenvalue weighted by atomic mass is 10.1. The molecule has 2 aromatic rings. The molecule has 0 atom stereocenters. The van der Waals surface area contributed by atoms with Crippen LogP contribution in [0.5, 0.6) is 0 Å². The Hall–Kier alpha value is -1.89. The number of H-pyrrole nitrogens is 1. The van der Waals surface area contributed by atoms with Crippen LogP contribution >= 0.6 is 0 Å². The van der Waals surface area contributed by atoms with Gasteiger partial charge in [0.1, 0.15) is 18.9 Å². The normalized spacial score (nSPS) is 11.9. The molecule has 0 aliphatic rings. The van der Waals surface area contributed by atoms with Gasteiger partial charge in [-0.1, -0.05) is 0 Å². The van der Waals surface area contributed by atoms with E-state index in [0.717, 1.165) is 0 Å². The Bertz CT molecular complexity index is 563. The van der Waals surface area contributed by atoms with Gasteiger partial charge in [0.15, 0.2) is 5.78 Å². The highest BCUT2D eigenvalue weighted by molar-refractivity contribution is 6.07. The molecule has 0 saturated heterocycles. The van der Waals surface area contributed by atoms with Crippen LogP contribution in [0.3, 0.4) is 0 Å². The Morgan fingerprint density at radius 2 is 2.22 bits per heavy atom. The maximum atomic E-state index is 11.8. The third-order valence-corrected chi connectivity index (χ3v) is 2.25. The van der Waals surface area contributed by atoms with Crippen LogP contribution in [0.4, 0.5) is 13.2 Å². The first-order valence-corrected chi connectivity index (χ1v) is 5.07. The van der Waals surface area contributed by atoms with Crippen molar-refractivity contribution in [3.8, 4) is 0 Å². The van der Waals surface area contributed by atoms with E-state index in [1.807, 2.05) is 0 Å². The van der Waals surface area contributed by atoms with Crippen molar-refractivity contribution in [3.05, 3.63) is 30.1 Å². The summed E-state index contributed by atoms with van der Waals surface area (Å²) in [5, 5.41) is 0.568. The average molecular weight is 258 g/mol. The third kappa shape index (κ3) is 2.86. The van der Waals surface area contributed by atoms with Crippen molar-refractivity contribution >= 4 is 16.8 Å². The first-order valence-electron chi connectivity index (χ1n) is 5.07. The molecule has 7 heteroatoms. The number of pyridine rings is 1. The lowest BCUT2D eigenvalue weighted by Gasteiger charge is -2.06. The molecule has 96 valence electrons. The zero-order valence-corrected chi connectivity index (χ0v) is 9.12. The van der Waals surface area contributed by atoms with Gasteiger partial charge in [0.2, 0.25) is 0 Å². The number of aromatic nitrogens is 2. The van der Waals surface area contributed by atoms with E-state index in [2.05, 4.69) is 14.7 Å². The molecule has 2 rings (SSSR count). The van der Waals surface area contributed by atoms with Crippen molar-refractivity contribution in [2.24, 2.45) is 0 Å². The van der Waals surface area contributed by atoms with E-state index in [1.54, 1.807) is 18.3 Å². The molecule has 0 aromatic carbocycles. The van der Waals surface area contributed by atoms with Gasteiger partial charge in [0.05, 0.1) is 0 Å². The van der Waals surface area contributed by atoms with Crippen LogP contribution in [-0.2, 0) is 4.74 Å². The lowest BCUT2D eigenvalue weighted by molar-refractivity contribution is -0.170. The van der Waals surface area contributed by atoms with Crippen molar-refractivity contribution in [2.45, 2.75) is 6.18 Å². The number of hydrogen-bond acceptors (Lipinski definition) is 3. The van der Waals surface area contributed by atoms with Crippen LogP contribution < -0.4 is 0 Å². The third-order valence-electron chi connectivity index (χ3n) is 2.25. The topological polar surface area (TPSA) is 55.0 Å². The van der Waals surface area contributed by atoms with E-state index in [0.29, 0.717) is 11.0 Å². The number of ketones is 1. The molecule has 2 heterocycles. The van der Waals surface area contributed by atoms with Crippen molar-refractivity contribution in [2.75, 3.05) is 13.2 Å². The van der Waals surface area contributed by atoms with Crippen LogP contribution in [-0.4, -0.2) is 35.1 Å². The minimum atomic E-state index is -4.43. The molecule has 0 radical (unpaired) electrons. The Morgan fingerprint density at radius 1 is 1.44 bits per heavy atom. The second-order valence-electron chi connectivity index (χ2n) is 3.63.